The lowest BCUT2D eigenvalue weighted by Gasteiger charge is -2.43. The van der Waals surface area contributed by atoms with Crippen LogP contribution in [-0.2, 0) is 33.3 Å². The second kappa shape index (κ2) is 18.7. The Balaban J connectivity index is 1.68. The molecule has 3 amide bonds. The van der Waals surface area contributed by atoms with E-state index in [1.165, 1.54) is 0 Å². The van der Waals surface area contributed by atoms with Gasteiger partial charge in [0.15, 0.2) is 14.5 Å². The molecule has 5 rings (SSSR count). The summed E-state index contributed by atoms with van der Waals surface area (Å²) in [6, 6.07) is 25.4. The van der Waals surface area contributed by atoms with Gasteiger partial charge in [-0.3, -0.25) is 15.0 Å². The van der Waals surface area contributed by atoms with Gasteiger partial charge in [0.1, 0.15) is 35.4 Å². The largest absolute Gasteiger partial charge is 0.497 e. The van der Waals surface area contributed by atoms with E-state index < -0.39 is 53.0 Å². The molecular weight excluding hydrogens is 762 g/mol. The summed E-state index contributed by atoms with van der Waals surface area (Å²) in [4.78, 5) is 27.5. The standard InChI is InChI=1S/C43H62N3O9PSi/c1-29(2)46(30(3)4)56(51-10)54-38-36(53-40(45-27-26-37(47)44-41(45)48)39(38)55-57(11,12)42(5,6)7)28-52-43(31-16-14-13-15-17-31,32-18-22-34(49-8)23-19-32)33-20-24-35(50-9)25-21-33/h13-25,29-30,36,38-40H,26-28H2,1-12H3,(H,44,47,48)/t36-,38-,39-,40-,56?/m1/s1. The van der Waals surface area contributed by atoms with E-state index in [0.717, 1.165) is 16.7 Å². The topological polar surface area (TPSA) is 117 Å². The lowest BCUT2D eigenvalue weighted by molar-refractivity contribution is -0.127. The van der Waals surface area contributed by atoms with Crippen molar-refractivity contribution < 1.29 is 42.0 Å². The number of benzene rings is 3. The molecule has 5 atom stereocenters. The zero-order chi connectivity index (χ0) is 41.7. The van der Waals surface area contributed by atoms with Crippen LogP contribution in [0.2, 0.25) is 18.1 Å². The van der Waals surface area contributed by atoms with Crippen LogP contribution in [0.4, 0.5) is 4.79 Å². The van der Waals surface area contributed by atoms with Crippen LogP contribution in [-0.4, -0.2) is 101 Å². The van der Waals surface area contributed by atoms with Crippen LogP contribution < -0.4 is 14.8 Å². The Morgan fingerprint density at radius 1 is 0.825 bits per heavy atom. The van der Waals surface area contributed by atoms with Crippen molar-refractivity contribution in [2.75, 3.05) is 34.5 Å². The van der Waals surface area contributed by atoms with Gasteiger partial charge < -0.3 is 32.4 Å². The van der Waals surface area contributed by atoms with Crippen LogP contribution in [0.1, 0.15) is 71.6 Å². The quantitative estimate of drug-likeness (QED) is 0.0808. The van der Waals surface area contributed by atoms with E-state index in [9.17, 15) is 9.59 Å². The number of amides is 3. The number of methoxy groups -OCH3 is 2. The Morgan fingerprint density at radius 3 is 1.81 bits per heavy atom. The van der Waals surface area contributed by atoms with Gasteiger partial charge in [0, 0.05) is 32.2 Å². The van der Waals surface area contributed by atoms with Gasteiger partial charge in [0.2, 0.25) is 5.91 Å². The van der Waals surface area contributed by atoms with Gasteiger partial charge in [-0.05, 0) is 86.8 Å². The van der Waals surface area contributed by atoms with E-state index in [2.05, 4.69) is 71.5 Å². The molecule has 312 valence electrons. The van der Waals surface area contributed by atoms with Gasteiger partial charge in [-0.1, -0.05) is 75.4 Å². The molecule has 2 aliphatic heterocycles. The van der Waals surface area contributed by atoms with Crippen LogP contribution in [0.15, 0.2) is 78.9 Å². The van der Waals surface area contributed by atoms with E-state index in [4.69, 9.17) is 32.4 Å². The van der Waals surface area contributed by atoms with E-state index in [1.807, 2.05) is 78.9 Å². The summed E-state index contributed by atoms with van der Waals surface area (Å²) in [5.74, 6) is 1.09. The number of carbonyl (C=O) groups excluding carboxylic acids is 2. The lowest BCUT2D eigenvalue weighted by atomic mass is 9.80. The maximum absolute atomic E-state index is 13.6. The van der Waals surface area contributed by atoms with Gasteiger partial charge in [0.05, 0.1) is 20.8 Å². The molecule has 57 heavy (non-hydrogen) atoms. The van der Waals surface area contributed by atoms with Crippen molar-refractivity contribution in [2.45, 2.75) is 115 Å². The summed E-state index contributed by atoms with van der Waals surface area (Å²) in [5.41, 5.74) is 1.46. The molecule has 0 aromatic heterocycles. The SMILES string of the molecule is COc1ccc(C(OC[C@H]2O[C@@H](N3CCC(=O)NC3=O)[C@H](O[Si](C)(C)C(C)(C)C)[C@@H]2OP(OC)N(C(C)C)C(C)C)(c2ccccc2)c2ccc(OC)cc2)cc1. The molecule has 14 heteroatoms. The van der Waals surface area contributed by atoms with Gasteiger partial charge in [0.25, 0.3) is 8.53 Å². The number of hydrogen-bond donors (Lipinski definition) is 1. The molecule has 1 N–H and O–H groups in total. The molecule has 0 aliphatic carbocycles. The third-order valence-corrected chi connectivity index (χ3v) is 17.7. The first kappa shape index (κ1) is 44.7. The maximum atomic E-state index is 13.6. The third-order valence-electron chi connectivity index (χ3n) is 11.2. The summed E-state index contributed by atoms with van der Waals surface area (Å²) in [7, 11) is 0.754. The number of nitrogens with zero attached hydrogens (tertiary/aromatic N) is 2. The highest BCUT2D eigenvalue weighted by molar-refractivity contribution is 7.44. The van der Waals surface area contributed by atoms with Crippen LogP contribution in [0.25, 0.3) is 0 Å². The van der Waals surface area contributed by atoms with Crippen LogP contribution in [0, 0.1) is 0 Å². The predicted molar refractivity (Wildman–Crippen MR) is 225 cm³/mol. The minimum atomic E-state index is -2.55. The molecule has 3 aromatic rings. The number of hydrogen-bond acceptors (Lipinski definition) is 10. The molecule has 2 aliphatic rings. The highest BCUT2D eigenvalue weighted by atomic mass is 31.2. The lowest BCUT2D eigenvalue weighted by Crippen LogP contribution is -2.59. The summed E-state index contributed by atoms with van der Waals surface area (Å²) < 4.78 is 48.3. The van der Waals surface area contributed by atoms with Crippen molar-refractivity contribution in [3.8, 4) is 11.5 Å². The molecule has 12 nitrogen and oxygen atoms in total. The first-order valence-electron chi connectivity index (χ1n) is 19.7. The fourth-order valence-electron chi connectivity index (χ4n) is 7.23. The molecule has 2 saturated heterocycles. The Kier molecular flexibility index (Phi) is 14.6. The monoisotopic (exact) mass is 823 g/mol. The highest BCUT2D eigenvalue weighted by Gasteiger charge is 2.56. The fraction of sp³-hybridized carbons (Fsp3) is 0.535. The number of urea groups is 1. The number of rotatable bonds is 17. The van der Waals surface area contributed by atoms with E-state index in [-0.39, 0.29) is 42.6 Å². The van der Waals surface area contributed by atoms with Crippen molar-refractivity contribution in [1.82, 2.24) is 14.9 Å². The summed E-state index contributed by atoms with van der Waals surface area (Å²) in [6.45, 7) is 19.5. The van der Waals surface area contributed by atoms with Crippen molar-refractivity contribution in [1.29, 1.82) is 0 Å². The average molecular weight is 824 g/mol. The van der Waals surface area contributed by atoms with Gasteiger partial charge in [-0.15, -0.1) is 0 Å². The third kappa shape index (κ3) is 9.74. The van der Waals surface area contributed by atoms with Crippen molar-refractivity contribution in [2.24, 2.45) is 0 Å². The number of ether oxygens (including phenoxy) is 4. The van der Waals surface area contributed by atoms with Crippen LogP contribution in [0.5, 0.6) is 11.5 Å². The zero-order valence-corrected chi connectivity index (χ0v) is 37.5. The Labute approximate surface area is 341 Å². The summed E-state index contributed by atoms with van der Waals surface area (Å²) >= 11 is 0. The van der Waals surface area contributed by atoms with Crippen LogP contribution in [0.3, 0.4) is 0 Å². The second-order valence-corrected chi connectivity index (χ2v) is 22.8. The first-order chi connectivity index (χ1) is 27.0. The minimum absolute atomic E-state index is 0.0239. The van der Waals surface area contributed by atoms with Gasteiger partial charge in [-0.2, -0.15) is 0 Å². The highest BCUT2D eigenvalue weighted by Crippen LogP contribution is 2.51. The molecule has 1 unspecified atom stereocenters. The maximum Gasteiger partial charge on any atom is 0.326 e. The number of imide groups is 1. The molecule has 0 radical (unpaired) electrons. The fourth-order valence-corrected chi connectivity index (χ4v) is 10.1. The Hall–Kier alpha value is -3.39. The van der Waals surface area contributed by atoms with Gasteiger partial charge >= 0.3 is 6.03 Å². The minimum Gasteiger partial charge on any atom is -0.497 e. The van der Waals surface area contributed by atoms with Crippen molar-refractivity contribution >= 4 is 28.8 Å². The molecule has 2 fully saturated rings. The first-order valence-corrected chi connectivity index (χ1v) is 23.7. The molecule has 0 saturated carbocycles. The molecule has 0 bridgehead atoms. The van der Waals surface area contributed by atoms with E-state index in [1.54, 1.807) is 26.2 Å². The number of carbonyl (C=O) groups is 2. The van der Waals surface area contributed by atoms with E-state index >= 15 is 0 Å². The smallest absolute Gasteiger partial charge is 0.326 e. The molecule has 3 aromatic carbocycles. The van der Waals surface area contributed by atoms with E-state index in [0.29, 0.717) is 11.5 Å². The van der Waals surface area contributed by atoms with Crippen LogP contribution >= 0.6 is 8.53 Å². The Morgan fingerprint density at radius 2 is 1.35 bits per heavy atom. The molecular formula is C43H62N3O9PSi. The summed E-state index contributed by atoms with van der Waals surface area (Å²) in [6.07, 6.45) is -3.00. The van der Waals surface area contributed by atoms with Gasteiger partial charge in [-0.25, -0.2) is 9.46 Å². The van der Waals surface area contributed by atoms with Crippen molar-refractivity contribution in [3.63, 3.8) is 0 Å². The average Bonchev–Trinajstić information content (AvgIpc) is 3.49. The second-order valence-electron chi connectivity index (χ2n) is 16.6. The summed E-state index contributed by atoms with van der Waals surface area (Å²) in [5, 5.41) is 2.31. The molecule has 2 heterocycles. The number of nitrogens with one attached hydrogen (secondary N) is 1. The predicted octanol–water partition coefficient (Wildman–Crippen LogP) is 8.45. The van der Waals surface area contributed by atoms with Crippen molar-refractivity contribution in [3.05, 3.63) is 95.6 Å². The zero-order valence-electron chi connectivity index (χ0n) is 35.6. The normalized spacial score (nSPS) is 21.4. The Bertz CT molecular complexity index is 1720. The molecule has 0 spiro atoms.